The number of nitrogens with zero attached hydrogens (tertiary/aromatic N) is 1. The summed E-state index contributed by atoms with van der Waals surface area (Å²) < 4.78 is 12.6. The van der Waals surface area contributed by atoms with Crippen molar-refractivity contribution < 1.29 is 14.3 Å². The Morgan fingerprint density at radius 3 is 2.21 bits per heavy atom. The highest BCUT2D eigenvalue weighted by atomic mass is 16.5. The smallest absolute Gasteiger partial charge is 0.345 e. The first kappa shape index (κ1) is 31.2. The maximum Gasteiger partial charge on any atom is 0.345 e. The fraction of sp³-hybridized carbons (Fsp3) is 0.657. The Kier molecular flexibility index (Phi) is 11.4. The molecule has 0 saturated heterocycles. The van der Waals surface area contributed by atoms with Gasteiger partial charge in [0.05, 0.1) is 5.56 Å². The Hall–Kier alpha value is -2.36. The summed E-state index contributed by atoms with van der Waals surface area (Å²) in [5.41, 5.74) is 4.56. The van der Waals surface area contributed by atoms with Crippen LogP contribution in [0.15, 0.2) is 24.5 Å². The second-order valence-electron chi connectivity index (χ2n) is 13.1. The van der Waals surface area contributed by atoms with Crippen molar-refractivity contribution in [3.63, 3.8) is 0 Å². The van der Waals surface area contributed by atoms with Crippen molar-refractivity contribution in [1.29, 1.82) is 0 Å². The van der Waals surface area contributed by atoms with Crippen molar-refractivity contribution in [3.8, 4) is 11.5 Å². The minimum Gasteiger partial charge on any atom is -0.487 e. The molecule has 1 aromatic carbocycles. The third-order valence-corrected chi connectivity index (χ3v) is 8.93. The zero-order valence-corrected chi connectivity index (χ0v) is 26.0. The number of carbonyl (C=O) groups is 1. The molecule has 3 atom stereocenters. The van der Waals surface area contributed by atoms with E-state index >= 15 is 0 Å². The summed E-state index contributed by atoms with van der Waals surface area (Å²) in [6.07, 6.45) is 16.9. The molecule has 4 heteroatoms. The van der Waals surface area contributed by atoms with Crippen molar-refractivity contribution in [2.75, 3.05) is 0 Å². The zero-order valence-electron chi connectivity index (χ0n) is 26.0. The lowest BCUT2D eigenvalue weighted by molar-refractivity contribution is 0.0508. The highest BCUT2D eigenvalue weighted by Crippen LogP contribution is 2.45. The van der Waals surface area contributed by atoms with Gasteiger partial charge < -0.3 is 9.47 Å². The van der Waals surface area contributed by atoms with Gasteiger partial charge in [-0.1, -0.05) is 72.6 Å². The van der Waals surface area contributed by atoms with E-state index in [9.17, 15) is 4.79 Å². The Morgan fingerprint density at radius 1 is 0.949 bits per heavy atom. The van der Waals surface area contributed by atoms with Gasteiger partial charge in [-0.25, -0.2) is 4.79 Å². The van der Waals surface area contributed by atoms with Gasteiger partial charge in [-0.15, -0.1) is 0 Å². The number of aromatic nitrogens is 1. The molecule has 0 fully saturated rings. The number of benzene rings is 1. The first-order valence-corrected chi connectivity index (χ1v) is 15.4. The van der Waals surface area contributed by atoms with Gasteiger partial charge in [-0.2, -0.15) is 0 Å². The highest BCUT2D eigenvalue weighted by Gasteiger charge is 2.35. The van der Waals surface area contributed by atoms with E-state index in [-0.39, 0.29) is 11.6 Å². The molecule has 2 unspecified atom stereocenters. The van der Waals surface area contributed by atoms with Crippen LogP contribution in [-0.4, -0.2) is 16.6 Å². The van der Waals surface area contributed by atoms with Gasteiger partial charge in [0.15, 0.2) is 0 Å². The first-order valence-electron chi connectivity index (χ1n) is 15.4. The molecule has 0 aliphatic carbocycles. The quantitative estimate of drug-likeness (QED) is 0.178. The van der Waals surface area contributed by atoms with Crippen molar-refractivity contribution in [3.05, 3.63) is 52.3 Å². The van der Waals surface area contributed by atoms with Crippen molar-refractivity contribution in [2.24, 2.45) is 17.8 Å². The van der Waals surface area contributed by atoms with E-state index in [1.807, 2.05) is 6.92 Å². The molecule has 0 N–H and O–H groups in total. The lowest BCUT2D eigenvalue weighted by atomic mass is 9.83. The second kappa shape index (κ2) is 14.3. The Morgan fingerprint density at radius 2 is 1.59 bits per heavy atom. The molecule has 1 aliphatic heterocycles. The number of carbonyl (C=O) groups excluding carboxylic acids is 1. The molecule has 0 saturated carbocycles. The molecule has 2 aromatic rings. The van der Waals surface area contributed by atoms with Crippen LogP contribution in [0.1, 0.15) is 131 Å². The molecular weight excluding hydrogens is 482 g/mol. The average molecular weight is 536 g/mol. The topological polar surface area (TPSA) is 48.4 Å². The summed E-state index contributed by atoms with van der Waals surface area (Å²) in [6, 6.07) is 3.48. The van der Waals surface area contributed by atoms with Crippen LogP contribution in [0.4, 0.5) is 0 Å². The van der Waals surface area contributed by atoms with E-state index in [4.69, 9.17) is 9.47 Å². The van der Waals surface area contributed by atoms with Crippen molar-refractivity contribution in [1.82, 2.24) is 4.98 Å². The van der Waals surface area contributed by atoms with E-state index < -0.39 is 0 Å². The fourth-order valence-corrected chi connectivity index (χ4v) is 6.05. The lowest BCUT2D eigenvalue weighted by Crippen LogP contribution is -2.37. The number of esters is 1. The molecule has 4 nitrogen and oxygen atoms in total. The number of hydrogen-bond donors (Lipinski definition) is 0. The predicted molar refractivity (Wildman–Crippen MR) is 162 cm³/mol. The van der Waals surface area contributed by atoms with Gasteiger partial charge in [0.25, 0.3) is 0 Å². The number of rotatable bonds is 14. The standard InChI is InChI=1S/C35H53NO3/c1-24(2)13-9-14-25(3)15-10-16-26(4)17-11-20-35(8)21-19-31-29(7)32(27(5)28(6)33(31)39-35)38-34(37)30-18-12-22-36-23-30/h12,18,22-26H,9-11,13-17,19-21H2,1-8H3/t25?,26?,35-/m1/s1. The van der Waals surface area contributed by atoms with E-state index in [2.05, 4.69) is 53.5 Å². The van der Waals surface area contributed by atoms with E-state index in [1.54, 1.807) is 24.5 Å². The summed E-state index contributed by atoms with van der Waals surface area (Å²) in [5, 5.41) is 0. The molecule has 2 heterocycles. The van der Waals surface area contributed by atoms with Crippen LogP contribution in [0.25, 0.3) is 0 Å². The zero-order chi connectivity index (χ0) is 28.6. The third kappa shape index (κ3) is 8.82. The molecule has 0 amide bonds. The number of pyridine rings is 1. The summed E-state index contributed by atoms with van der Waals surface area (Å²) in [7, 11) is 0. The number of ether oxygens (including phenoxy) is 2. The maximum atomic E-state index is 12.7. The average Bonchev–Trinajstić information content (AvgIpc) is 2.90. The number of fused-ring (bicyclic) bond motifs is 1. The largest absolute Gasteiger partial charge is 0.487 e. The minimum atomic E-state index is -0.370. The summed E-state index contributed by atoms with van der Waals surface area (Å²) >= 11 is 0. The molecule has 1 aliphatic rings. The van der Waals surface area contributed by atoms with Gasteiger partial charge in [0.2, 0.25) is 0 Å². The van der Waals surface area contributed by atoms with Crippen LogP contribution in [0.5, 0.6) is 11.5 Å². The minimum absolute atomic E-state index is 0.144. The SMILES string of the molecule is Cc1c(C)c2c(c(C)c1OC(=O)c1cccnc1)CC[C@@](C)(CCCC(C)CCCC(C)CCCC(C)C)O2. The molecule has 39 heavy (non-hydrogen) atoms. The first-order chi connectivity index (χ1) is 18.5. The lowest BCUT2D eigenvalue weighted by Gasteiger charge is -2.38. The summed E-state index contributed by atoms with van der Waals surface area (Å²) in [4.78, 5) is 16.8. The predicted octanol–water partition coefficient (Wildman–Crippen LogP) is 9.75. The van der Waals surface area contributed by atoms with E-state index in [0.717, 1.165) is 59.5 Å². The van der Waals surface area contributed by atoms with Crippen LogP contribution in [0.2, 0.25) is 0 Å². The third-order valence-electron chi connectivity index (χ3n) is 8.93. The Labute approximate surface area is 238 Å². The van der Waals surface area contributed by atoms with Crippen molar-refractivity contribution >= 4 is 5.97 Å². The second-order valence-corrected chi connectivity index (χ2v) is 13.1. The van der Waals surface area contributed by atoms with Gasteiger partial charge in [0.1, 0.15) is 17.1 Å². The van der Waals surface area contributed by atoms with E-state index in [1.165, 1.54) is 56.9 Å². The summed E-state index contributed by atoms with van der Waals surface area (Å²) in [6.45, 7) is 18.0. The Bertz CT molecular complexity index is 1080. The van der Waals surface area contributed by atoms with Gasteiger partial charge in [-0.05, 0) is 100.0 Å². The molecule has 1 aromatic heterocycles. The van der Waals surface area contributed by atoms with Crippen molar-refractivity contribution in [2.45, 2.75) is 132 Å². The molecule has 0 spiro atoms. The van der Waals surface area contributed by atoms with Crippen LogP contribution >= 0.6 is 0 Å². The van der Waals surface area contributed by atoms with Crippen LogP contribution < -0.4 is 9.47 Å². The van der Waals surface area contributed by atoms with Gasteiger partial charge in [-0.3, -0.25) is 4.98 Å². The van der Waals surface area contributed by atoms with Crippen LogP contribution in [-0.2, 0) is 6.42 Å². The fourth-order valence-electron chi connectivity index (χ4n) is 6.05. The molecule has 3 rings (SSSR count). The van der Waals surface area contributed by atoms with Gasteiger partial charge >= 0.3 is 5.97 Å². The Balaban J connectivity index is 1.51. The van der Waals surface area contributed by atoms with Crippen LogP contribution in [0.3, 0.4) is 0 Å². The number of hydrogen-bond acceptors (Lipinski definition) is 4. The van der Waals surface area contributed by atoms with Gasteiger partial charge in [0, 0.05) is 18.0 Å². The highest BCUT2D eigenvalue weighted by molar-refractivity contribution is 5.91. The van der Waals surface area contributed by atoms with Crippen LogP contribution in [0, 0.1) is 38.5 Å². The molecule has 0 bridgehead atoms. The normalized spacial score (nSPS) is 18.4. The maximum absolute atomic E-state index is 12.7. The summed E-state index contributed by atoms with van der Waals surface area (Å²) in [5.74, 6) is 3.76. The molecule has 0 radical (unpaired) electrons. The molecule has 216 valence electrons. The van der Waals surface area contributed by atoms with E-state index in [0.29, 0.717) is 11.3 Å². The molecular formula is C35H53NO3. The monoisotopic (exact) mass is 535 g/mol.